The van der Waals surface area contributed by atoms with Crippen LogP contribution in [-0.2, 0) is 16.7 Å². The highest BCUT2D eigenvalue weighted by Crippen LogP contribution is 2.39. The van der Waals surface area contributed by atoms with Gasteiger partial charge in [-0.1, -0.05) is 24.3 Å². The number of benzene rings is 1. The number of hydrogen-bond acceptors (Lipinski definition) is 5. The van der Waals surface area contributed by atoms with Crippen LogP contribution in [0, 0.1) is 0 Å². The molecular formula is C14H14N2O5S2. The molecule has 23 heavy (non-hydrogen) atoms. The summed E-state index contributed by atoms with van der Waals surface area (Å²) in [5.74, 6) is -1.24. The van der Waals surface area contributed by atoms with Crippen molar-refractivity contribution < 1.29 is 22.9 Å². The van der Waals surface area contributed by atoms with Gasteiger partial charge in [-0.25, -0.2) is 14.1 Å². The van der Waals surface area contributed by atoms with Gasteiger partial charge in [0.1, 0.15) is 0 Å². The molecule has 2 N–H and O–H groups in total. The topological polar surface area (TPSA) is 108 Å². The first-order valence-corrected chi connectivity index (χ1v) is 9.19. The summed E-state index contributed by atoms with van der Waals surface area (Å²) in [4.78, 5) is 14.8. The fourth-order valence-electron chi connectivity index (χ4n) is 2.83. The lowest BCUT2D eigenvalue weighted by Crippen LogP contribution is -2.36. The lowest BCUT2D eigenvalue weighted by molar-refractivity contribution is 0.0691. The largest absolute Gasteiger partial charge is 0.476 e. The predicted octanol–water partition coefficient (Wildman–Crippen LogP) is 2.53. The third-order valence-corrected chi connectivity index (χ3v) is 5.65. The van der Waals surface area contributed by atoms with Gasteiger partial charge in [0.15, 0.2) is 5.69 Å². The van der Waals surface area contributed by atoms with E-state index in [-0.39, 0.29) is 10.8 Å². The third-order valence-electron chi connectivity index (χ3n) is 3.77. The third kappa shape index (κ3) is 3.07. The van der Waals surface area contributed by atoms with Gasteiger partial charge in [0.05, 0.1) is 6.04 Å². The summed E-state index contributed by atoms with van der Waals surface area (Å²) in [6.45, 7) is 0. The molecule has 1 aliphatic carbocycles. The van der Waals surface area contributed by atoms with Crippen LogP contribution in [0.25, 0.3) is 0 Å². The number of aromatic carboxylic acids is 1. The maximum atomic E-state index is 11.9. The van der Waals surface area contributed by atoms with Crippen LogP contribution in [0.3, 0.4) is 0 Å². The molecule has 1 aromatic carbocycles. The Morgan fingerprint density at radius 3 is 2.74 bits per heavy atom. The molecule has 7 nitrogen and oxygen atoms in total. The Labute approximate surface area is 137 Å². The molecule has 0 saturated carbocycles. The molecule has 0 fully saturated rings. The second-order valence-corrected chi connectivity index (χ2v) is 7.33. The van der Waals surface area contributed by atoms with E-state index in [0.29, 0.717) is 6.42 Å². The second kappa shape index (κ2) is 5.91. The SMILES string of the molecule is O=C(O)c1csc(N(C2CCCc3ccccc32)S(=O)(=O)O)n1. The van der Waals surface area contributed by atoms with Crippen molar-refractivity contribution in [3.05, 3.63) is 46.5 Å². The summed E-state index contributed by atoms with van der Waals surface area (Å²) < 4.78 is 34.3. The molecule has 0 aliphatic heterocycles. The Hall–Kier alpha value is -1.97. The van der Waals surface area contributed by atoms with Crippen molar-refractivity contribution in [3.63, 3.8) is 0 Å². The molecule has 1 aliphatic rings. The van der Waals surface area contributed by atoms with Gasteiger partial charge in [0.2, 0.25) is 5.13 Å². The Morgan fingerprint density at radius 1 is 1.35 bits per heavy atom. The van der Waals surface area contributed by atoms with Crippen molar-refractivity contribution in [2.45, 2.75) is 25.3 Å². The maximum absolute atomic E-state index is 11.9. The van der Waals surface area contributed by atoms with Crippen LogP contribution < -0.4 is 4.31 Å². The molecule has 1 unspecified atom stereocenters. The summed E-state index contributed by atoms with van der Waals surface area (Å²) in [5, 5.41) is 10.2. The highest BCUT2D eigenvalue weighted by atomic mass is 32.2. The molecule has 0 saturated heterocycles. The maximum Gasteiger partial charge on any atom is 0.362 e. The number of thiazole rings is 1. The number of carboxylic acids is 1. The highest BCUT2D eigenvalue weighted by molar-refractivity contribution is 7.87. The van der Waals surface area contributed by atoms with E-state index in [9.17, 15) is 17.8 Å². The van der Waals surface area contributed by atoms with Gasteiger partial charge in [-0.3, -0.25) is 4.55 Å². The minimum absolute atomic E-state index is 0.0494. The molecule has 122 valence electrons. The second-order valence-electron chi connectivity index (χ2n) is 5.20. The summed E-state index contributed by atoms with van der Waals surface area (Å²) in [6, 6.07) is 6.84. The predicted molar refractivity (Wildman–Crippen MR) is 85.2 cm³/mol. The number of nitrogens with zero attached hydrogens (tertiary/aromatic N) is 2. The van der Waals surface area contributed by atoms with Crippen LogP contribution in [0.5, 0.6) is 0 Å². The van der Waals surface area contributed by atoms with Gasteiger partial charge in [-0.15, -0.1) is 11.3 Å². The Bertz CT molecular complexity index is 846. The highest BCUT2D eigenvalue weighted by Gasteiger charge is 2.35. The Morgan fingerprint density at radius 2 is 2.09 bits per heavy atom. The van der Waals surface area contributed by atoms with E-state index in [0.717, 1.165) is 39.6 Å². The van der Waals surface area contributed by atoms with Gasteiger partial charge < -0.3 is 5.11 Å². The number of aryl methyl sites for hydroxylation is 1. The van der Waals surface area contributed by atoms with Crippen molar-refractivity contribution in [2.24, 2.45) is 0 Å². The van der Waals surface area contributed by atoms with Crippen LogP contribution in [0.2, 0.25) is 0 Å². The monoisotopic (exact) mass is 354 g/mol. The van der Waals surface area contributed by atoms with Gasteiger partial charge >= 0.3 is 16.3 Å². The van der Waals surface area contributed by atoms with Gasteiger partial charge in [0.25, 0.3) is 0 Å². The lowest BCUT2D eigenvalue weighted by Gasteiger charge is -2.32. The molecule has 0 amide bonds. The fourth-order valence-corrected chi connectivity index (χ4v) is 4.77. The zero-order valence-electron chi connectivity index (χ0n) is 11.9. The van der Waals surface area contributed by atoms with Crippen LogP contribution in [0.4, 0.5) is 5.13 Å². The van der Waals surface area contributed by atoms with Crippen LogP contribution in [0.15, 0.2) is 29.6 Å². The van der Waals surface area contributed by atoms with Gasteiger partial charge in [-0.05, 0) is 30.4 Å². The molecule has 0 bridgehead atoms. The van der Waals surface area contributed by atoms with E-state index >= 15 is 0 Å². The van der Waals surface area contributed by atoms with Crippen molar-refractivity contribution >= 4 is 32.7 Å². The molecule has 2 aromatic rings. The number of carbonyl (C=O) groups is 1. The average molecular weight is 354 g/mol. The minimum Gasteiger partial charge on any atom is -0.476 e. The first kappa shape index (κ1) is 15.9. The summed E-state index contributed by atoms with van der Waals surface area (Å²) >= 11 is 0.876. The van der Waals surface area contributed by atoms with Crippen LogP contribution >= 0.6 is 11.3 Å². The van der Waals surface area contributed by atoms with E-state index in [4.69, 9.17) is 5.11 Å². The van der Waals surface area contributed by atoms with Crippen molar-refractivity contribution in [2.75, 3.05) is 4.31 Å². The molecule has 1 heterocycles. The molecule has 9 heteroatoms. The number of hydrogen-bond donors (Lipinski definition) is 2. The molecular weight excluding hydrogens is 340 g/mol. The number of fused-ring (bicyclic) bond motifs is 1. The zero-order chi connectivity index (χ0) is 16.6. The number of carboxylic acid groups (broad SMARTS) is 1. The standard InChI is InChI=1S/C14H14N2O5S2/c17-13(18)11-8-22-14(15-11)16(23(19,20)21)12-7-3-5-9-4-1-2-6-10(9)12/h1-2,4,6,8,12H,3,5,7H2,(H,17,18)(H,19,20,21). The lowest BCUT2D eigenvalue weighted by atomic mass is 9.88. The van der Waals surface area contributed by atoms with E-state index in [1.165, 1.54) is 5.38 Å². The molecule has 0 spiro atoms. The first-order valence-electron chi connectivity index (χ1n) is 6.91. The van der Waals surface area contributed by atoms with E-state index in [2.05, 4.69) is 4.98 Å². The number of rotatable bonds is 4. The summed E-state index contributed by atoms with van der Waals surface area (Å²) in [5.41, 5.74) is 1.58. The first-order chi connectivity index (χ1) is 10.9. The molecule has 1 aromatic heterocycles. The van der Waals surface area contributed by atoms with E-state index < -0.39 is 22.3 Å². The molecule has 0 radical (unpaired) electrons. The van der Waals surface area contributed by atoms with Gasteiger partial charge in [-0.2, -0.15) is 8.42 Å². The van der Waals surface area contributed by atoms with Crippen LogP contribution in [-0.4, -0.2) is 29.0 Å². The fraction of sp³-hybridized carbons (Fsp3) is 0.286. The molecule has 3 rings (SSSR count). The smallest absolute Gasteiger partial charge is 0.362 e. The van der Waals surface area contributed by atoms with E-state index in [1.54, 1.807) is 0 Å². The summed E-state index contributed by atoms with van der Waals surface area (Å²) in [7, 11) is -4.58. The number of aromatic nitrogens is 1. The quantitative estimate of drug-likeness (QED) is 0.817. The molecule has 1 atom stereocenters. The van der Waals surface area contributed by atoms with Gasteiger partial charge in [0, 0.05) is 5.38 Å². The minimum atomic E-state index is -4.58. The van der Waals surface area contributed by atoms with Crippen molar-refractivity contribution in [1.29, 1.82) is 0 Å². The van der Waals surface area contributed by atoms with E-state index in [1.807, 2.05) is 24.3 Å². The van der Waals surface area contributed by atoms with Crippen molar-refractivity contribution in [3.8, 4) is 0 Å². The number of anilines is 1. The van der Waals surface area contributed by atoms with Crippen molar-refractivity contribution in [1.82, 2.24) is 4.98 Å². The normalized spacial score (nSPS) is 17.5. The summed E-state index contributed by atoms with van der Waals surface area (Å²) in [6.07, 6.45) is 2.13. The van der Waals surface area contributed by atoms with Crippen LogP contribution in [0.1, 0.15) is 40.5 Å². The zero-order valence-corrected chi connectivity index (χ0v) is 13.5. The average Bonchev–Trinajstić information content (AvgIpc) is 2.96. The Kier molecular flexibility index (Phi) is 4.09. The Balaban J connectivity index is 2.09.